The summed E-state index contributed by atoms with van der Waals surface area (Å²) in [4.78, 5) is 23.4. The molecular formula is C26H27ClN6O2. The van der Waals surface area contributed by atoms with Crippen molar-refractivity contribution in [2.45, 2.75) is 32.7 Å². The molecule has 2 heterocycles. The predicted octanol–water partition coefficient (Wildman–Crippen LogP) is 4.93. The Morgan fingerprint density at radius 1 is 1.20 bits per heavy atom. The summed E-state index contributed by atoms with van der Waals surface area (Å²) in [5.74, 6) is 1.58. The van der Waals surface area contributed by atoms with Crippen LogP contribution in [0.25, 0.3) is 0 Å². The van der Waals surface area contributed by atoms with Gasteiger partial charge in [0.25, 0.3) is 0 Å². The molecule has 2 aromatic carbocycles. The van der Waals surface area contributed by atoms with E-state index in [4.69, 9.17) is 21.6 Å². The van der Waals surface area contributed by atoms with Crippen molar-refractivity contribution in [2.75, 3.05) is 30.3 Å². The molecule has 1 amide bonds. The van der Waals surface area contributed by atoms with Crippen molar-refractivity contribution in [2.24, 2.45) is 0 Å². The molecular weight excluding hydrogens is 464 g/mol. The Kier molecular flexibility index (Phi) is 7.80. The largest absolute Gasteiger partial charge is 0.438 e. The lowest BCUT2D eigenvalue weighted by molar-refractivity contribution is -0.117. The molecule has 3 aromatic rings. The molecule has 1 fully saturated rings. The van der Waals surface area contributed by atoms with Crippen molar-refractivity contribution < 1.29 is 9.53 Å². The number of nitrogens with one attached hydrogen (secondary N) is 2. The summed E-state index contributed by atoms with van der Waals surface area (Å²) in [6.07, 6.45) is 3.40. The van der Waals surface area contributed by atoms with E-state index in [-0.39, 0.29) is 11.9 Å². The fourth-order valence-corrected chi connectivity index (χ4v) is 4.33. The molecule has 0 saturated carbocycles. The summed E-state index contributed by atoms with van der Waals surface area (Å²) in [5.41, 5.74) is 3.05. The van der Waals surface area contributed by atoms with Crippen molar-refractivity contribution in [3.8, 4) is 17.7 Å². The number of rotatable bonds is 7. The summed E-state index contributed by atoms with van der Waals surface area (Å²) < 4.78 is 6.02. The molecule has 0 unspecified atom stereocenters. The number of carbonyl (C=O) groups is 1. The molecule has 2 N–H and O–H groups in total. The van der Waals surface area contributed by atoms with E-state index in [1.54, 1.807) is 36.5 Å². The molecule has 0 radical (unpaired) electrons. The van der Waals surface area contributed by atoms with Crippen LogP contribution >= 0.6 is 11.6 Å². The number of aromatic nitrogens is 2. The molecule has 0 aliphatic carbocycles. The van der Waals surface area contributed by atoms with Gasteiger partial charge < -0.3 is 15.4 Å². The second-order valence-electron chi connectivity index (χ2n) is 8.62. The van der Waals surface area contributed by atoms with Gasteiger partial charge in [0.15, 0.2) is 0 Å². The van der Waals surface area contributed by atoms with Gasteiger partial charge in [-0.05, 0) is 68.1 Å². The Morgan fingerprint density at radius 2 is 1.94 bits per heavy atom. The molecule has 1 aliphatic rings. The quantitative estimate of drug-likeness (QED) is 0.484. The van der Waals surface area contributed by atoms with Gasteiger partial charge in [-0.25, -0.2) is 4.98 Å². The van der Waals surface area contributed by atoms with Crippen molar-refractivity contribution in [3.63, 3.8) is 0 Å². The Labute approximate surface area is 209 Å². The molecule has 9 heteroatoms. The van der Waals surface area contributed by atoms with Crippen LogP contribution in [0.1, 0.15) is 29.5 Å². The van der Waals surface area contributed by atoms with Crippen molar-refractivity contribution in [1.82, 2.24) is 14.9 Å². The van der Waals surface area contributed by atoms with E-state index in [2.05, 4.69) is 31.6 Å². The zero-order valence-corrected chi connectivity index (χ0v) is 20.5. The van der Waals surface area contributed by atoms with Crippen molar-refractivity contribution >= 4 is 29.1 Å². The number of aryl methyl sites for hydroxylation is 2. The van der Waals surface area contributed by atoms with E-state index in [0.29, 0.717) is 40.4 Å². The van der Waals surface area contributed by atoms with Crippen LogP contribution in [0.15, 0.2) is 48.7 Å². The number of carbonyl (C=O) groups excluding carboxylic acids is 1. The van der Waals surface area contributed by atoms with Crippen molar-refractivity contribution in [1.29, 1.82) is 5.26 Å². The number of nitriles is 1. The number of piperidine rings is 1. The molecule has 0 atom stereocenters. The highest BCUT2D eigenvalue weighted by Crippen LogP contribution is 2.29. The molecule has 1 aliphatic heterocycles. The minimum atomic E-state index is -0.0553. The second kappa shape index (κ2) is 11.2. The number of ether oxygens (including phenoxy) is 1. The Morgan fingerprint density at radius 3 is 2.63 bits per heavy atom. The third kappa shape index (κ3) is 6.69. The first kappa shape index (κ1) is 24.5. The van der Waals surface area contributed by atoms with Gasteiger partial charge in [0.05, 0.1) is 18.2 Å². The van der Waals surface area contributed by atoms with Crippen LogP contribution in [0.5, 0.6) is 11.6 Å². The predicted molar refractivity (Wildman–Crippen MR) is 136 cm³/mol. The number of hydrogen-bond acceptors (Lipinski definition) is 7. The number of halogens is 1. The highest BCUT2D eigenvalue weighted by Gasteiger charge is 2.22. The minimum Gasteiger partial charge on any atom is -0.438 e. The number of likely N-dealkylation sites (tertiary alicyclic amines) is 1. The lowest BCUT2D eigenvalue weighted by Crippen LogP contribution is -2.42. The van der Waals surface area contributed by atoms with Gasteiger partial charge in [0, 0.05) is 42.1 Å². The SMILES string of the molecule is Cc1cc(C#N)cc(C)c1Oc1ccnc(NC2CCN(CC(=O)Nc3cccc(Cl)c3)CC2)n1. The summed E-state index contributed by atoms with van der Waals surface area (Å²) >= 11 is 5.98. The Bertz CT molecular complexity index is 1230. The maximum Gasteiger partial charge on any atom is 0.238 e. The average molecular weight is 491 g/mol. The molecule has 180 valence electrons. The standard InChI is InChI=1S/C26H27ClN6O2/c1-17-12-19(15-28)13-18(2)25(17)35-24-6-9-29-26(32-24)31-21-7-10-33(11-8-21)16-23(34)30-22-5-3-4-20(27)14-22/h3-6,9,12-14,21H,7-8,10-11,16H2,1-2H3,(H,30,34)(H,29,31,32). The van der Waals surface area contributed by atoms with Crippen LogP contribution in [0.3, 0.4) is 0 Å². The van der Waals surface area contributed by atoms with Gasteiger partial charge in [0.2, 0.25) is 17.7 Å². The molecule has 35 heavy (non-hydrogen) atoms. The Hall–Kier alpha value is -3.67. The number of amides is 1. The second-order valence-corrected chi connectivity index (χ2v) is 9.06. The molecule has 8 nitrogen and oxygen atoms in total. The molecule has 4 rings (SSSR count). The highest BCUT2D eigenvalue weighted by atomic mass is 35.5. The summed E-state index contributed by atoms with van der Waals surface area (Å²) in [6.45, 7) is 5.74. The number of hydrogen-bond donors (Lipinski definition) is 2. The van der Waals surface area contributed by atoms with E-state index in [0.717, 1.165) is 37.1 Å². The van der Waals surface area contributed by atoms with Gasteiger partial charge in [-0.2, -0.15) is 10.2 Å². The van der Waals surface area contributed by atoms with E-state index in [1.165, 1.54) is 0 Å². The van der Waals surface area contributed by atoms with Crippen LogP contribution < -0.4 is 15.4 Å². The molecule has 1 saturated heterocycles. The lowest BCUT2D eigenvalue weighted by atomic mass is 10.1. The zero-order chi connectivity index (χ0) is 24.8. The van der Waals surface area contributed by atoms with Crippen LogP contribution in [-0.4, -0.2) is 46.5 Å². The third-order valence-corrected chi connectivity index (χ3v) is 6.06. The van der Waals surface area contributed by atoms with Crippen LogP contribution in [0.4, 0.5) is 11.6 Å². The highest BCUT2D eigenvalue weighted by molar-refractivity contribution is 6.30. The maximum absolute atomic E-state index is 12.4. The fourth-order valence-electron chi connectivity index (χ4n) is 4.14. The first-order chi connectivity index (χ1) is 16.9. The summed E-state index contributed by atoms with van der Waals surface area (Å²) in [7, 11) is 0. The van der Waals surface area contributed by atoms with E-state index >= 15 is 0 Å². The zero-order valence-electron chi connectivity index (χ0n) is 19.7. The van der Waals surface area contributed by atoms with Gasteiger partial charge in [0.1, 0.15) is 5.75 Å². The summed E-state index contributed by atoms with van der Waals surface area (Å²) in [6, 6.07) is 14.8. The smallest absolute Gasteiger partial charge is 0.238 e. The summed E-state index contributed by atoms with van der Waals surface area (Å²) in [5, 5.41) is 16.0. The lowest BCUT2D eigenvalue weighted by Gasteiger charge is -2.31. The third-order valence-electron chi connectivity index (χ3n) is 5.82. The van der Waals surface area contributed by atoms with Gasteiger partial charge in [-0.15, -0.1) is 0 Å². The van der Waals surface area contributed by atoms with Crippen LogP contribution in [0.2, 0.25) is 5.02 Å². The van der Waals surface area contributed by atoms with Crippen LogP contribution in [-0.2, 0) is 4.79 Å². The topological polar surface area (TPSA) is 103 Å². The normalized spacial score (nSPS) is 14.2. The molecule has 0 spiro atoms. The van der Waals surface area contributed by atoms with Crippen molar-refractivity contribution in [3.05, 3.63) is 70.4 Å². The van der Waals surface area contributed by atoms with E-state index in [1.807, 2.05) is 26.0 Å². The maximum atomic E-state index is 12.4. The van der Waals surface area contributed by atoms with Gasteiger partial charge in [-0.1, -0.05) is 17.7 Å². The minimum absolute atomic E-state index is 0.0553. The Balaban J connectivity index is 1.29. The first-order valence-electron chi connectivity index (χ1n) is 11.5. The monoisotopic (exact) mass is 490 g/mol. The number of anilines is 2. The van der Waals surface area contributed by atoms with E-state index in [9.17, 15) is 4.79 Å². The average Bonchev–Trinajstić information content (AvgIpc) is 2.83. The van der Waals surface area contributed by atoms with Gasteiger partial charge >= 0.3 is 0 Å². The van der Waals surface area contributed by atoms with Gasteiger partial charge in [-0.3, -0.25) is 9.69 Å². The number of nitrogens with zero attached hydrogens (tertiary/aromatic N) is 4. The van der Waals surface area contributed by atoms with E-state index < -0.39 is 0 Å². The van der Waals surface area contributed by atoms with Crippen LogP contribution in [0, 0.1) is 25.2 Å². The molecule has 1 aromatic heterocycles. The molecule has 0 bridgehead atoms. The number of benzene rings is 2. The first-order valence-corrected chi connectivity index (χ1v) is 11.8. The fraction of sp³-hybridized carbons (Fsp3) is 0.308.